The maximum atomic E-state index is 12.9. The van der Waals surface area contributed by atoms with Gasteiger partial charge in [-0.25, -0.2) is 8.42 Å². The molecule has 0 aliphatic rings. The van der Waals surface area contributed by atoms with E-state index in [1.807, 2.05) is 0 Å². The Morgan fingerprint density at radius 3 is 2.12 bits per heavy atom. The predicted octanol–water partition coefficient (Wildman–Crippen LogP) is 4.40. The van der Waals surface area contributed by atoms with E-state index < -0.39 is 44.5 Å². The Balaban J connectivity index is 2.36. The van der Waals surface area contributed by atoms with Crippen molar-refractivity contribution in [1.29, 1.82) is 0 Å². The number of hydrogen-bond acceptors (Lipinski definition) is 3. The second-order valence-corrected chi connectivity index (χ2v) is 6.33. The van der Waals surface area contributed by atoms with E-state index in [1.54, 1.807) is 4.72 Å². The van der Waals surface area contributed by atoms with Gasteiger partial charge in [0.2, 0.25) is 0 Å². The molecule has 136 valence electrons. The fourth-order valence-corrected chi connectivity index (χ4v) is 3.18. The van der Waals surface area contributed by atoms with Crippen molar-refractivity contribution in [3.05, 3.63) is 54.1 Å². The van der Waals surface area contributed by atoms with Crippen LogP contribution in [0, 0.1) is 0 Å². The molecular weight excluding hydrogens is 376 g/mol. The number of halogens is 6. The Kier molecular flexibility index (Phi) is 4.89. The Morgan fingerprint density at radius 2 is 1.52 bits per heavy atom. The van der Waals surface area contributed by atoms with Crippen molar-refractivity contribution in [2.24, 2.45) is 0 Å². The van der Waals surface area contributed by atoms with Crippen LogP contribution < -0.4 is 9.46 Å². The Hall–Kier alpha value is -2.43. The second kappa shape index (κ2) is 6.47. The third-order valence-corrected chi connectivity index (χ3v) is 4.24. The van der Waals surface area contributed by atoms with Gasteiger partial charge in [0.15, 0.2) is 0 Å². The van der Waals surface area contributed by atoms with Crippen LogP contribution in [0.15, 0.2) is 53.4 Å². The van der Waals surface area contributed by atoms with E-state index in [1.165, 1.54) is 0 Å². The number of sulfonamides is 1. The first-order valence-electron chi connectivity index (χ1n) is 6.43. The monoisotopic (exact) mass is 385 g/mol. The Labute approximate surface area is 138 Å². The highest BCUT2D eigenvalue weighted by Crippen LogP contribution is 2.35. The van der Waals surface area contributed by atoms with E-state index in [2.05, 4.69) is 4.74 Å². The molecule has 0 aromatic heterocycles. The maximum Gasteiger partial charge on any atom is 0.573 e. The number of alkyl halides is 6. The number of ether oxygens (including phenoxy) is 1. The minimum atomic E-state index is -5.00. The summed E-state index contributed by atoms with van der Waals surface area (Å²) in [6, 6.07) is 7.15. The zero-order valence-corrected chi connectivity index (χ0v) is 12.8. The minimum absolute atomic E-state index is 0.390. The van der Waals surface area contributed by atoms with Crippen LogP contribution in [0.3, 0.4) is 0 Å². The smallest absolute Gasteiger partial charge is 0.406 e. The molecule has 4 nitrogen and oxygen atoms in total. The zero-order valence-electron chi connectivity index (χ0n) is 12.0. The largest absolute Gasteiger partial charge is 0.573 e. The molecule has 0 heterocycles. The van der Waals surface area contributed by atoms with Crippen molar-refractivity contribution < 1.29 is 39.5 Å². The number of hydrogen-bond donors (Lipinski definition) is 1. The number of benzene rings is 2. The third kappa shape index (κ3) is 5.02. The second-order valence-electron chi connectivity index (χ2n) is 4.68. The summed E-state index contributed by atoms with van der Waals surface area (Å²) in [5.74, 6) is -0.725. The summed E-state index contributed by atoms with van der Waals surface area (Å²) in [5, 5.41) is 0. The van der Waals surface area contributed by atoms with Crippen LogP contribution in [0.5, 0.6) is 5.75 Å². The zero-order chi connectivity index (χ0) is 18.9. The van der Waals surface area contributed by atoms with Crippen molar-refractivity contribution in [3.8, 4) is 5.75 Å². The fourth-order valence-electron chi connectivity index (χ4n) is 1.90. The van der Waals surface area contributed by atoms with Crippen molar-refractivity contribution in [3.63, 3.8) is 0 Å². The summed E-state index contributed by atoms with van der Waals surface area (Å²) in [7, 11) is -4.69. The lowest BCUT2D eigenvalue weighted by Gasteiger charge is -2.15. The Morgan fingerprint density at radius 1 is 0.880 bits per heavy atom. The number of anilines is 1. The average molecular weight is 385 g/mol. The summed E-state index contributed by atoms with van der Waals surface area (Å²) < 4.78 is 105. The van der Waals surface area contributed by atoms with Crippen LogP contribution in [-0.4, -0.2) is 14.8 Å². The molecular formula is C14H9F6NO3S. The number of nitrogens with one attached hydrogen (secondary N) is 1. The molecule has 0 atom stereocenters. The van der Waals surface area contributed by atoms with Crippen LogP contribution in [0.2, 0.25) is 0 Å². The first-order valence-corrected chi connectivity index (χ1v) is 7.92. The molecule has 0 saturated carbocycles. The van der Waals surface area contributed by atoms with Gasteiger partial charge in [-0.05, 0) is 24.3 Å². The van der Waals surface area contributed by atoms with E-state index in [-0.39, 0.29) is 0 Å². The van der Waals surface area contributed by atoms with E-state index >= 15 is 0 Å². The van der Waals surface area contributed by atoms with E-state index in [4.69, 9.17) is 0 Å². The lowest BCUT2D eigenvalue weighted by Crippen LogP contribution is -2.19. The molecule has 0 bridgehead atoms. The minimum Gasteiger partial charge on any atom is -0.406 e. The van der Waals surface area contributed by atoms with Gasteiger partial charge in [0, 0.05) is 6.07 Å². The lowest BCUT2D eigenvalue weighted by molar-refractivity contribution is -0.274. The fraction of sp³-hybridized carbons (Fsp3) is 0.143. The quantitative estimate of drug-likeness (QED) is 0.794. The summed E-state index contributed by atoms with van der Waals surface area (Å²) in [4.78, 5) is -1.05. The highest BCUT2D eigenvalue weighted by atomic mass is 32.2. The molecule has 0 aliphatic carbocycles. The van der Waals surface area contributed by atoms with E-state index in [0.717, 1.165) is 36.4 Å². The molecule has 25 heavy (non-hydrogen) atoms. The van der Waals surface area contributed by atoms with Gasteiger partial charge in [-0.1, -0.05) is 18.2 Å². The van der Waals surface area contributed by atoms with Crippen LogP contribution in [-0.2, 0) is 16.2 Å². The molecule has 11 heteroatoms. The molecule has 2 aromatic rings. The molecule has 0 aliphatic heterocycles. The molecule has 0 amide bonds. The van der Waals surface area contributed by atoms with Gasteiger partial charge in [-0.2, -0.15) is 13.2 Å². The highest BCUT2D eigenvalue weighted by Gasteiger charge is 2.37. The maximum absolute atomic E-state index is 12.9. The van der Waals surface area contributed by atoms with Gasteiger partial charge in [0.05, 0.1) is 16.1 Å². The molecule has 0 fully saturated rings. The first-order chi connectivity index (χ1) is 11.4. The van der Waals surface area contributed by atoms with Gasteiger partial charge in [0.1, 0.15) is 5.75 Å². The lowest BCUT2D eigenvalue weighted by atomic mass is 10.2. The summed E-state index contributed by atoms with van der Waals surface area (Å²) >= 11 is 0. The molecule has 1 N–H and O–H groups in total. The van der Waals surface area contributed by atoms with Crippen molar-refractivity contribution in [2.45, 2.75) is 17.4 Å². The molecule has 2 rings (SSSR count). The normalized spacial score (nSPS) is 12.7. The third-order valence-electron chi connectivity index (χ3n) is 2.80. The SMILES string of the molecule is O=S(=O)(Nc1cccc(OC(F)(F)F)c1)c1ccccc1C(F)(F)F. The highest BCUT2D eigenvalue weighted by molar-refractivity contribution is 7.92. The van der Waals surface area contributed by atoms with Gasteiger partial charge in [0.25, 0.3) is 10.0 Å². The van der Waals surface area contributed by atoms with Crippen LogP contribution in [0.1, 0.15) is 5.56 Å². The average Bonchev–Trinajstić information content (AvgIpc) is 2.44. The van der Waals surface area contributed by atoms with Gasteiger partial charge >= 0.3 is 12.5 Å². The van der Waals surface area contributed by atoms with E-state index in [0.29, 0.717) is 12.1 Å². The molecule has 0 radical (unpaired) electrons. The Bertz CT molecular complexity index is 861. The topological polar surface area (TPSA) is 55.4 Å². The van der Waals surface area contributed by atoms with Gasteiger partial charge < -0.3 is 4.74 Å². The van der Waals surface area contributed by atoms with Crippen LogP contribution in [0.4, 0.5) is 32.0 Å². The molecule has 0 spiro atoms. The number of rotatable bonds is 4. The predicted molar refractivity (Wildman–Crippen MR) is 75.4 cm³/mol. The standard InChI is InChI=1S/C14H9F6NO3S/c15-13(16,17)11-6-1-2-7-12(11)25(22,23)21-9-4-3-5-10(8-9)24-14(18,19)20/h1-8,21H. The van der Waals surface area contributed by atoms with Crippen molar-refractivity contribution >= 4 is 15.7 Å². The molecule has 2 aromatic carbocycles. The van der Waals surface area contributed by atoms with E-state index in [9.17, 15) is 34.8 Å². The first kappa shape index (κ1) is 18.9. The van der Waals surface area contributed by atoms with Crippen LogP contribution >= 0.6 is 0 Å². The molecule has 0 unspecified atom stereocenters. The summed E-state index contributed by atoms with van der Waals surface area (Å²) in [6.45, 7) is 0. The van der Waals surface area contributed by atoms with Gasteiger partial charge in [-0.15, -0.1) is 13.2 Å². The van der Waals surface area contributed by atoms with Crippen molar-refractivity contribution in [1.82, 2.24) is 0 Å². The van der Waals surface area contributed by atoms with Crippen LogP contribution in [0.25, 0.3) is 0 Å². The summed E-state index contributed by atoms with van der Waals surface area (Å²) in [6.07, 6.45) is -9.92. The van der Waals surface area contributed by atoms with Crippen molar-refractivity contribution in [2.75, 3.05) is 4.72 Å². The summed E-state index contributed by atoms with van der Waals surface area (Å²) in [5.41, 5.74) is -1.79. The molecule has 0 saturated heterocycles. The van der Waals surface area contributed by atoms with Gasteiger partial charge in [-0.3, -0.25) is 4.72 Å².